The average Bonchev–Trinajstić information content (AvgIpc) is 2.76. The number of halogens is 2. The van der Waals surface area contributed by atoms with Gasteiger partial charge in [-0.2, -0.15) is 0 Å². The zero-order valence-electron chi connectivity index (χ0n) is 10.6. The molecular weight excluding hydrogens is 267 g/mol. The van der Waals surface area contributed by atoms with Crippen LogP contribution in [0.5, 0.6) is 0 Å². The van der Waals surface area contributed by atoms with E-state index in [0.29, 0.717) is 22.6 Å². The van der Waals surface area contributed by atoms with Crippen molar-refractivity contribution in [3.63, 3.8) is 0 Å². The molecule has 0 heterocycles. The van der Waals surface area contributed by atoms with Gasteiger partial charge in [0, 0.05) is 18.6 Å². The van der Waals surface area contributed by atoms with Crippen LogP contribution in [0.25, 0.3) is 0 Å². The Balaban J connectivity index is 2.10. The Labute approximate surface area is 119 Å². The first kappa shape index (κ1) is 14.1. The fraction of sp³-hybridized carbons (Fsp3) is 0.571. The third-order valence-corrected chi connectivity index (χ3v) is 4.56. The topological polar surface area (TPSA) is 38.0 Å². The first-order valence-electron chi connectivity index (χ1n) is 6.51. The SMILES string of the molecule is CC1CCC(NC(CN)c2cccc(Cl)c2Cl)C1. The summed E-state index contributed by atoms with van der Waals surface area (Å²) in [6, 6.07) is 6.36. The Hall–Kier alpha value is -0.280. The second-order valence-corrected chi connectivity index (χ2v) is 6.00. The van der Waals surface area contributed by atoms with E-state index in [-0.39, 0.29) is 6.04 Å². The molecule has 1 fully saturated rings. The Morgan fingerprint density at radius 1 is 1.39 bits per heavy atom. The highest BCUT2D eigenvalue weighted by Gasteiger charge is 2.24. The molecule has 3 N–H and O–H groups in total. The number of hydrogen-bond acceptors (Lipinski definition) is 2. The van der Waals surface area contributed by atoms with Crippen LogP contribution in [0.2, 0.25) is 10.0 Å². The summed E-state index contributed by atoms with van der Waals surface area (Å²) in [6.07, 6.45) is 3.72. The molecule has 0 bridgehead atoms. The highest BCUT2D eigenvalue weighted by molar-refractivity contribution is 6.42. The van der Waals surface area contributed by atoms with Crippen LogP contribution in [0.15, 0.2) is 18.2 Å². The highest BCUT2D eigenvalue weighted by atomic mass is 35.5. The van der Waals surface area contributed by atoms with Gasteiger partial charge in [0.05, 0.1) is 10.0 Å². The monoisotopic (exact) mass is 286 g/mol. The van der Waals surface area contributed by atoms with Crippen LogP contribution in [0, 0.1) is 5.92 Å². The number of nitrogens with one attached hydrogen (secondary N) is 1. The minimum absolute atomic E-state index is 0.0894. The van der Waals surface area contributed by atoms with Gasteiger partial charge in [0.25, 0.3) is 0 Å². The average molecular weight is 287 g/mol. The Morgan fingerprint density at radius 2 is 2.17 bits per heavy atom. The lowest BCUT2D eigenvalue weighted by Crippen LogP contribution is -2.35. The maximum atomic E-state index is 6.25. The van der Waals surface area contributed by atoms with Crippen molar-refractivity contribution in [2.45, 2.75) is 38.3 Å². The highest BCUT2D eigenvalue weighted by Crippen LogP contribution is 2.32. The number of nitrogens with two attached hydrogens (primary N) is 1. The van der Waals surface area contributed by atoms with E-state index >= 15 is 0 Å². The third kappa shape index (κ3) is 3.18. The molecule has 1 aliphatic rings. The summed E-state index contributed by atoms with van der Waals surface area (Å²) in [4.78, 5) is 0. The van der Waals surface area contributed by atoms with Crippen molar-refractivity contribution in [2.24, 2.45) is 11.7 Å². The fourth-order valence-corrected chi connectivity index (χ4v) is 3.16. The van der Waals surface area contributed by atoms with Gasteiger partial charge in [-0.3, -0.25) is 0 Å². The molecule has 1 saturated carbocycles. The van der Waals surface area contributed by atoms with E-state index in [1.807, 2.05) is 12.1 Å². The summed E-state index contributed by atoms with van der Waals surface area (Å²) < 4.78 is 0. The lowest BCUT2D eigenvalue weighted by Gasteiger charge is -2.23. The smallest absolute Gasteiger partial charge is 0.0640 e. The van der Waals surface area contributed by atoms with E-state index < -0.39 is 0 Å². The number of rotatable bonds is 4. The van der Waals surface area contributed by atoms with Crippen molar-refractivity contribution < 1.29 is 0 Å². The van der Waals surface area contributed by atoms with Crippen molar-refractivity contribution in [3.05, 3.63) is 33.8 Å². The van der Waals surface area contributed by atoms with Crippen LogP contribution < -0.4 is 11.1 Å². The van der Waals surface area contributed by atoms with Gasteiger partial charge in [-0.25, -0.2) is 0 Å². The predicted octanol–water partition coefficient (Wildman–Crippen LogP) is 3.77. The second kappa shape index (κ2) is 6.25. The molecule has 0 amide bonds. The molecule has 3 atom stereocenters. The van der Waals surface area contributed by atoms with Crippen LogP contribution >= 0.6 is 23.2 Å². The number of benzene rings is 1. The minimum Gasteiger partial charge on any atom is -0.329 e. The first-order chi connectivity index (χ1) is 8.61. The summed E-state index contributed by atoms with van der Waals surface area (Å²) in [6.45, 7) is 2.83. The quantitative estimate of drug-likeness (QED) is 0.884. The zero-order chi connectivity index (χ0) is 13.1. The molecule has 0 aliphatic heterocycles. The van der Waals surface area contributed by atoms with Crippen molar-refractivity contribution in [2.75, 3.05) is 6.54 Å². The van der Waals surface area contributed by atoms with Gasteiger partial charge in [-0.1, -0.05) is 42.3 Å². The molecular formula is C14H20Cl2N2. The molecule has 0 aromatic heterocycles. The standard InChI is InChI=1S/C14H20Cl2N2/c1-9-5-6-10(7-9)18-13(8-17)11-3-2-4-12(15)14(11)16/h2-4,9-10,13,18H,5-8,17H2,1H3. The molecule has 2 rings (SSSR count). The Bertz CT molecular complexity index is 409. The van der Waals surface area contributed by atoms with Gasteiger partial charge in [0.15, 0.2) is 0 Å². The molecule has 0 radical (unpaired) electrons. The van der Waals surface area contributed by atoms with Crippen LogP contribution in [-0.2, 0) is 0 Å². The minimum atomic E-state index is 0.0894. The van der Waals surface area contributed by atoms with Crippen LogP contribution in [0.3, 0.4) is 0 Å². The van der Waals surface area contributed by atoms with E-state index in [9.17, 15) is 0 Å². The number of hydrogen-bond donors (Lipinski definition) is 2. The summed E-state index contributed by atoms with van der Waals surface area (Å²) >= 11 is 12.3. The van der Waals surface area contributed by atoms with Gasteiger partial charge in [-0.15, -0.1) is 0 Å². The van der Waals surface area contributed by atoms with Crippen molar-refractivity contribution in [1.29, 1.82) is 0 Å². The Morgan fingerprint density at radius 3 is 2.78 bits per heavy atom. The van der Waals surface area contributed by atoms with Crippen LogP contribution in [-0.4, -0.2) is 12.6 Å². The van der Waals surface area contributed by atoms with E-state index in [4.69, 9.17) is 28.9 Å². The Kier molecular flexibility index (Phi) is 4.91. The first-order valence-corrected chi connectivity index (χ1v) is 7.27. The van der Waals surface area contributed by atoms with Crippen LogP contribution in [0.4, 0.5) is 0 Å². The molecule has 0 saturated heterocycles. The summed E-state index contributed by atoms with van der Waals surface area (Å²) in [5, 5.41) is 4.82. The van der Waals surface area contributed by atoms with Crippen molar-refractivity contribution >= 4 is 23.2 Å². The summed E-state index contributed by atoms with van der Waals surface area (Å²) in [7, 11) is 0. The van der Waals surface area contributed by atoms with Gasteiger partial charge in [0.2, 0.25) is 0 Å². The van der Waals surface area contributed by atoms with Gasteiger partial charge >= 0.3 is 0 Å². The lowest BCUT2D eigenvalue weighted by molar-refractivity contribution is 0.434. The predicted molar refractivity (Wildman–Crippen MR) is 78.2 cm³/mol. The third-order valence-electron chi connectivity index (χ3n) is 3.72. The largest absolute Gasteiger partial charge is 0.329 e. The molecule has 2 nitrogen and oxygen atoms in total. The second-order valence-electron chi connectivity index (χ2n) is 5.21. The van der Waals surface area contributed by atoms with Crippen molar-refractivity contribution in [3.8, 4) is 0 Å². The van der Waals surface area contributed by atoms with Crippen LogP contribution in [0.1, 0.15) is 37.8 Å². The van der Waals surface area contributed by atoms with E-state index in [2.05, 4.69) is 12.2 Å². The summed E-state index contributed by atoms with van der Waals surface area (Å²) in [5.74, 6) is 0.802. The maximum Gasteiger partial charge on any atom is 0.0640 e. The molecule has 100 valence electrons. The van der Waals surface area contributed by atoms with E-state index in [1.165, 1.54) is 19.3 Å². The lowest BCUT2D eigenvalue weighted by atomic mass is 10.0. The molecule has 0 spiro atoms. The van der Waals surface area contributed by atoms with Gasteiger partial charge < -0.3 is 11.1 Å². The molecule has 1 aliphatic carbocycles. The molecule has 18 heavy (non-hydrogen) atoms. The van der Waals surface area contributed by atoms with Crippen molar-refractivity contribution in [1.82, 2.24) is 5.32 Å². The molecule has 1 aromatic rings. The maximum absolute atomic E-state index is 6.25. The van der Waals surface area contributed by atoms with Gasteiger partial charge in [0.1, 0.15) is 0 Å². The normalized spacial score (nSPS) is 25.3. The fourth-order valence-electron chi connectivity index (χ4n) is 2.72. The van der Waals surface area contributed by atoms with E-state index in [1.54, 1.807) is 6.07 Å². The van der Waals surface area contributed by atoms with E-state index in [0.717, 1.165) is 11.5 Å². The zero-order valence-corrected chi connectivity index (χ0v) is 12.1. The molecule has 4 heteroatoms. The summed E-state index contributed by atoms with van der Waals surface area (Å²) in [5.41, 5.74) is 6.88. The van der Waals surface area contributed by atoms with Gasteiger partial charge in [-0.05, 0) is 36.8 Å². The molecule has 3 unspecified atom stereocenters. The molecule has 1 aromatic carbocycles.